The molecule has 21 heavy (non-hydrogen) atoms. The summed E-state index contributed by atoms with van der Waals surface area (Å²) >= 11 is 0. The summed E-state index contributed by atoms with van der Waals surface area (Å²) in [7, 11) is 3.89. The first-order valence-corrected chi connectivity index (χ1v) is 6.77. The number of aryl methyl sites for hydroxylation is 2. The molecule has 3 aromatic rings. The number of nitrogens with zero attached hydrogens (tertiary/aromatic N) is 5. The summed E-state index contributed by atoms with van der Waals surface area (Å²) in [4.78, 5) is 4.43. The summed E-state index contributed by atoms with van der Waals surface area (Å²) < 4.78 is 9.44. The van der Waals surface area contributed by atoms with Crippen molar-refractivity contribution in [3.63, 3.8) is 0 Å². The lowest BCUT2D eigenvalue weighted by atomic mass is 10.1. The van der Waals surface area contributed by atoms with Crippen LogP contribution in [0.2, 0.25) is 0 Å². The Labute approximate surface area is 122 Å². The van der Waals surface area contributed by atoms with E-state index in [2.05, 4.69) is 20.5 Å². The van der Waals surface area contributed by atoms with Crippen molar-refractivity contribution in [3.8, 4) is 0 Å². The van der Waals surface area contributed by atoms with E-state index in [4.69, 9.17) is 4.42 Å². The van der Waals surface area contributed by atoms with Crippen LogP contribution in [0.25, 0.3) is 0 Å². The minimum Gasteiger partial charge on any atom is -0.467 e. The zero-order chi connectivity index (χ0) is 14.8. The van der Waals surface area contributed by atoms with E-state index in [0.29, 0.717) is 0 Å². The lowest BCUT2D eigenvalue weighted by Gasteiger charge is -2.21. The Balaban J connectivity index is 1.90. The SMILES string of the molecule is CC(NC(c1ccco1)c1nccn1C)c1nncn1C. The highest BCUT2D eigenvalue weighted by molar-refractivity contribution is 5.16. The zero-order valence-corrected chi connectivity index (χ0v) is 12.3. The summed E-state index contributed by atoms with van der Waals surface area (Å²) in [6.07, 6.45) is 7.05. The Kier molecular flexibility index (Phi) is 3.57. The molecule has 3 rings (SSSR count). The first kappa shape index (κ1) is 13.6. The number of imidazole rings is 1. The van der Waals surface area contributed by atoms with E-state index in [0.717, 1.165) is 17.4 Å². The summed E-state index contributed by atoms with van der Waals surface area (Å²) in [5.74, 6) is 2.57. The van der Waals surface area contributed by atoms with Gasteiger partial charge in [0.1, 0.15) is 29.8 Å². The third-order valence-electron chi connectivity index (χ3n) is 3.49. The molecule has 3 heterocycles. The summed E-state index contributed by atoms with van der Waals surface area (Å²) in [6.45, 7) is 2.04. The van der Waals surface area contributed by atoms with Gasteiger partial charge in [-0.3, -0.25) is 5.32 Å². The average Bonchev–Trinajstić information content (AvgIpc) is 3.17. The molecule has 0 aliphatic carbocycles. The van der Waals surface area contributed by atoms with Gasteiger partial charge in [-0.2, -0.15) is 0 Å². The molecule has 0 fully saturated rings. The van der Waals surface area contributed by atoms with Crippen LogP contribution >= 0.6 is 0 Å². The van der Waals surface area contributed by atoms with E-state index in [9.17, 15) is 0 Å². The van der Waals surface area contributed by atoms with E-state index in [1.54, 1.807) is 18.8 Å². The second kappa shape index (κ2) is 5.53. The molecule has 3 aromatic heterocycles. The number of nitrogens with one attached hydrogen (secondary N) is 1. The topological polar surface area (TPSA) is 73.7 Å². The van der Waals surface area contributed by atoms with Crippen molar-refractivity contribution in [3.05, 3.63) is 54.5 Å². The minimum atomic E-state index is -0.147. The largest absolute Gasteiger partial charge is 0.467 e. The lowest BCUT2D eigenvalue weighted by Crippen LogP contribution is -2.29. The average molecular weight is 286 g/mol. The maximum absolute atomic E-state index is 5.56. The van der Waals surface area contributed by atoms with Crippen LogP contribution in [-0.2, 0) is 14.1 Å². The molecule has 0 saturated heterocycles. The fourth-order valence-electron chi connectivity index (χ4n) is 2.40. The van der Waals surface area contributed by atoms with Crippen molar-refractivity contribution >= 4 is 0 Å². The molecule has 0 amide bonds. The maximum Gasteiger partial charge on any atom is 0.149 e. The monoisotopic (exact) mass is 286 g/mol. The van der Waals surface area contributed by atoms with Crippen LogP contribution < -0.4 is 5.32 Å². The molecule has 110 valence electrons. The van der Waals surface area contributed by atoms with Crippen molar-refractivity contribution in [2.24, 2.45) is 14.1 Å². The Morgan fingerprint density at radius 2 is 2.10 bits per heavy atom. The van der Waals surface area contributed by atoms with E-state index in [1.165, 1.54) is 0 Å². The first-order valence-electron chi connectivity index (χ1n) is 6.77. The molecule has 2 atom stereocenters. The quantitative estimate of drug-likeness (QED) is 0.771. The molecule has 2 unspecified atom stereocenters. The van der Waals surface area contributed by atoms with Crippen molar-refractivity contribution in [2.45, 2.75) is 19.0 Å². The third kappa shape index (κ3) is 2.59. The van der Waals surface area contributed by atoms with Crippen LogP contribution in [0.3, 0.4) is 0 Å². The van der Waals surface area contributed by atoms with E-state index < -0.39 is 0 Å². The molecular formula is C14H18N6O. The van der Waals surface area contributed by atoms with Gasteiger partial charge in [0.2, 0.25) is 0 Å². The van der Waals surface area contributed by atoms with Crippen molar-refractivity contribution < 1.29 is 4.42 Å². The van der Waals surface area contributed by atoms with Gasteiger partial charge in [0, 0.05) is 26.5 Å². The van der Waals surface area contributed by atoms with E-state index in [-0.39, 0.29) is 12.1 Å². The van der Waals surface area contributed by atoms with Crippen molar-refractivity contribution in [1.29, 1.82) is 0 Å². The Bertz CT molecular complexity index is 699. The maximum atomic E-state index is 5.56. The van der Waals surface area contributed by atoms with Crippen LogP contribution in [0.4, 0.5) is 0 Å². The summed E-state index contributed by atoms with van der Waals surface area (Å²) in [5, 5.41) is 11.6. The van der Waals surface area contributed by atoms with Crippen LogP contribution in [0, 0.1) is 0 Å². The Morgan fingerprint density at radius 1 is 1.24 bits per heavy atom. The zero-order valence-electron chi connectivity index (χ0n) is 12.3. The van der Waals surface area contributed by atoms with Gasteiger partial charge < -0.3 is 13.6 Å². The fraction of sp³-hybridized carbons (Fsp3) is 0.357. The van der Waals surface area contributed by atoms with Gasteiger partial charge in [-0.1, -0.05) is 0 Å². The lowest BCUT2D eigenvalue weighted by molar-refractivity contribution is 0.393. The van der Waals surface area contributed by atoms with Crippen LogP contribution in [0.15, 0.2) is 41.5 Å². The summed E-state index contributed by atoms with van der Waals surface area (Å²) in [6, 6.07) is 3.67. The molecule has 0 saturated carbocycles. The Hall–Kier alpha value is -2.41. The van der Waals surface area contributed by atoms with Crippen LogP contribution in [0.5, 0.6) is 0 Å². The van der Waals surface area contributed by atoms with E-state index >= 15 is 0 Å². The normalized spacial score (nSPS) is 14.2. The molecule has 7 nitrogen and oxygen atoms in total. The molecule has 0 bridgehead atoms. The number of aromatic nitrogens is 5. The number of furan rings is 1. The number of hydrogen-bond donors (Lipinski definition) is 1. The van der Waals surface area contributed by atoms with Gasteiger partial charge in [-0.25, -0.2) is 4.98 Å². The van der Waals surface area contributed by atoms with Gasteiger partial charge in [-0.15, -0.1) is 10.2 Å². The molecule has 1 N–H and O–H groups in total. The van der Waals surface area contributed by atoms with Gasteiger partial charge >= 0.3 is 0 Å². The standard InChI is InChI=1S/C14H18N6O/c1-10(13-18-16-9-20(13)3)17-12(11-5-4-8-21-11)14-15-6-7-19(14)2/h4-10,12,17H,1-3H3. The predicted molar refractivity (Wildman–Crippen MR) is 76.3 cm³/mol. The number of hydrogen-bond acceptors (Lipinski definition) is 5. The minimum absolute atomic E-state index is 0.00398. The van der Waals surface area contributed by atoms with Crippen molar-refractivity contribution in [2.75, 3.05) is 0 Å². The number of rotatable bonds is 5. The first-order chi connectivity index (χ1) is 10.2. The molecule has 0 aromatic carbocycles. The molecule has 0 spiro atoms. The van der Waals surface area contributed by atoms with Gasteiger partial charge in [0.05, 0.1) is 12.3 Å². The Morgan fingerprint density at radius 3 is 2.67 bits per heavy atom. The molecular weight excluding hydrogens is 268 g/mol. The predicted octanol–water partition coefficient (Wildman–Crippen LogP) is 1.58. The highest BCUT2D eigenvalue weighted by atomic mass is 16.3. The van der Waals surface area contributed by atoms with Crippen molar-refractivity contribution in [1.82, 2.24) is 29.6 Å². The third-order valence-corrected chi connectivity index (χ3v) is 3.49. The van der Waals surface area contributed by atoms with E-state index in [1.807, 2.05) is 48.5 Å². The van der Waals surface area contributed by atoms with Gasteiger partial charge in [0.25, 0.3) is 0 Å². The molecule has 7 heteroatoms. The smallest absolute Gasteiger partial charge is 0.149 e. The second-order valence-corrected chi connectivity index (χ2v) is 5.03. The van der Waals surface area contributed by atoms with Gasteiger partial charge in [0.15, 0.2) is 0 Å². The van der Waals surface area contributed by atoms with Crippen LogP contribution in [0.1, 0.15) is 36.4 Å². The molecule has 0 radical (unpaired) electrons. The highest BCUT2D eigenvalue weighted by Gasteiger charge is 2.24. The van der Waals surface area contributed by atoms with Gasteiger partial charge in [-0.05, 0) is 19.1 Å². The summed E-state index contributed by atoms with van der Waals surface area (Å²) in [5.41, 5.74) is 0. The van der Waals surface area contributed by atoms with Crippen LogP contribution in [-0.4, -0.2) is 24.3 Å². The molecule has 0 aliphatic heterocycles. The highest BCUT2D eigenvalue weighted by Crippen LogP contribution is 2.24. The second-order valence-electron chi connectivity index (χ2n) is 5.03. The molecule has 0 aliphatic rings. The fourth-order valence-corrected chi connectivity index (χ4v) is 2.40.